The second-order valence-corrected chi connectivity index (χ2v) is 7.35. The fourth-order valence-electron chi connectivity index (χ4n) is 2.27. The average molecular weight is 347 g/mol. The minimum Gasteiger partial charge on any atom is -0.335 e. The summed E-state index contributed by atoms with van der Waals surface area (Å²) in [5.74, 6) is 2.06. The summed E-state index contributed by atoms with van der Waals surface area (Å²) in [5.41, 5.74) is 0.995. The van der Waals surface area contributed by atoms with Gasteiger partial charge in [0.2, 0.25) is 5.91 Å². The first-order valence-corrected chi connectivity index (χ1v) is 8.95. The van der Waals surface area contributed by atoms with E-state index in [-0.39, 0.29) is 18.0 Å². The Morgan fingerprint density at radius 1 is 1.43 bits per heavy atom. The molecule has 0 bridgehead atoms. The zero-order chi connectivity index (χ0) is 15.4. The van der Waals surface area contributed by atoms with Crippen LogP contribution in [-0.4, -0.2) is 40.9 Å². The van der Waals surface area contributed by atoms with E-state index in [2.05, 4.69) is 5.32 Å². The molecule has 1 atom stereocenters. The van der Waals surface area contributed by atoms with E-state index < -0.39 is 0 Å². The van der Waals surface area contributed by atoms with Gasteiger partial charge in [0, 0.05) is 30.6 Å². The van der Waals surface area contributed by atoms with E-state index in [0.29, 0.717) is 16.6 Å². The van der Waals surface area contributed by atoms with Gasteiger partial charge < -0.3 is 10.2 Å². The highest BCUT2D eigenvalue weighted by atomic mass is 35.5. The van der Waals surface area contributed by atoms with Gasteiger partial charge in [0.1, 0.15) is 0 Å². The summed E-state index contributed by atoms with van der Waals surface area (Å²) < 4.78 is 0. The van der Waals surface area contributed by atoms with Crippen LogP contribution in [0, 0.1) is 0 Å². The standard InChI is InChI=1S/C15H20Cl2N2OS/c1-10(2)19(15(20)14-9-21-6-5-18-14)8-11-3-4-12(16)13(17)7-11/h3-4,7,10,14,18H,5-6,8-9H2,1-2H3. The van der Waals surface area contributed by atoms with Crippen molar-refractivity contribution in [2.75, 3.05) is 18.1 Å². The van der Waals surface area contributed by atoms with Crippen molar-refractivity contribution in [3.63, 3.8) is 0 Å². The first-order valence-electron chi connectivity index (χ1n) is 7.04. The van der Waals surface area contributed by atoms with E-state index in [1.165, 1.54) is 0 Å². The molecule has 0 aliphatic carbocycles. The van der Waals surface area contributed by atoms with Crippen LogP contribution in [0.5, 0.6) is 0 Å². The molecule has 0 spiro atoms. The number of benzene rings is 1. The third-order valence-corrected chi connectivity index (χ3v) is 5.26. The van der Waals surface area contributed by atoms with Crippen molar-refractivity contribution < 1.29 is 4.79 Å². The summed E-state index contributed by atoms with van der Waals surface area (Å²) in [7, 11) is 0. The maximum absolute atomic E-state index is 12.7. The van der Waals surface area contributed by atoms with E-state index in [4.69, 9.17) is 23.2 Å². The van der Waals surface area contributed by atoms with Crippen LogP contribution >= 0.6 is 35.0 Å². The summed E-state index contributed by atoms with van der Waals surface area (Å²) >= 11 is 13.8. The number of rotatable bonds is 4. The SMILES string of the molecule is CC(C)N(Cc1ccc(Cl)c(Cl)c1)C(=O)C1CSCCN1. The van der Waals surface area contributed by atoms with Crippen LogP contribution in [0.25, 0.3) is 0 Å². The highest BCUT2D eigenvalue weighted by Gasteiger charge is 2.27. The van der Waals surface area contributed by atoms with Gasteiger partial charge >= 0.3 is 0 Å². The van der Waals surface area contributed by atoms with Gasteiger partial charge in [-0.3, -0.25) is 4.79 Å². The lowest BCUT2D eigenvalue weighted by molar-refractivity contribution is -0.135. The molecule has 0 radical (unpaired) electrons. The van der Waals surface area contributed by atoms with Gasteiger partial charge in [-0.25, -0.2) is 0 Å². The Hall–Kier alpha value is -0.420. The Morgan fingerprint density at radius 3 is 2.76 bits per heavy atom. The third kappa shape index (κ3) is 4.52. The van der Waals surface area contributed by atoms with Crippen molar-refractivity contribution in [1.82, 2.24) is 10.2 Å². The minimum absolute atomic E-state index is 0.0890. The summed E-state index contributed by atoms with van der Waals surface area (Å²) in [6.07, 6.45) is 0. The maximum atomic E-state index is 12.7. The van der Waals surface area contributed by atoms with E-state index in [1.807, 2.05) is 42.6 Å². The van der Waals surface area contributed by atoms with Crippen molar-refractivity contribution in [3.05, 3.63) is 33.8 Å². The van der Waals surface area contributed by atoms with Crippen LogP contribution in [0.4, 0.5) is 0 Å². The second kappa shape index (κ2) is 7.73. The molecule has 2 rings (SSSR count). The van der Waals surface area contributed by atoms with Gasteiger partial charge in [-0.05, 0) is 31.5 Å². The number of thioether (sulfide) groups is 1. The maximum Gasteiger partial charge on any atom is 0.241 e. The number of amides is 1. The molecule has 1 amide bonds. The lowest BCUT2D eigenvalue weighted by atomic mass is 10.1. The predicted molar refractivity (Wildman–Crippen MR) is 91.3 cm³/mol. The van der Waals surface area contributed by atoms with Crippen molar-refractivity contribution in [3.8, 4) is 0 Å². The molecule has 0 saturated carbocycles. The number of hydrogen-bond acceptors (Lipinski definition) is 3. The zero-order valence-corrected chi connectivity index (χ0v) is 14.6. The average Bonchev–Trinajstić information content (AvgIpc) is 2.48. The largest absolute Gasteiger partial charge is 0.335 e. The first kappa shape index (κ1) is 16.9. The van der Waals surface area contributed by atoms with E-state index in [9.17, 15) is 4.79 Å². The Bertz CT molecular complexity index is 504. The molecule has 0 aromatic heterocycles. The molecular formula is C15H20Cl2N2OS. The number of halogens is 2. The van der Waals surface area contributed by atoms with Crippen molar-refractivity contribution in [2.24, 2.45) is 0 Å². The van der Waals surface area contributed by atoms with Crippen LogP contribution in [0.15, 0.2) is 18.2 Å². The first-order chi connectivity index (χ1) is 9.99. The highest BCUT2D eigenvalue weighted by molar-refractivity contribution is 7.99. The Kier molecular flexibility index (Phi) is 6.23. The smallest absolute Gasteiger partial charge is 0.241 e. The van der Waals surface area contributed by atoms with E-state index in [1.54, 1.807) is 6.07 Å². The topological polar surface area (TPSA) is 32.3 Å². The lowest BCUT2D eigenvalue weighted by Gasteiger charge is -2.32. The Morgan fingerprint density at radius 2 is 2.19 bits per heavy atom. The van der Waals surface area contributed by atoms with E-state index in [0.717, 1.165) is 23.6 Å². The molecule has 1 N–H and O–H groups in total. The molecule has 1 aromatic rings. The van der Waals surface area contributed by atoms with Gasteiger partial charge in [-0.2, -0.15) is 11.8 Å². The van der Waals surface area contributed by atoms with Crippen LogP contribution in [0.3, 0.4) is 0 Å². The Balaban J connectivity index is 2.10. The van der Waals surface area contributed by atoms with Gasteiger partial charge in [-0.15, -0.1) is 0 Å². The molecule has 116 valence electrons. The minimum atomic E-state index is -0.0890. The summed E-state index contributed by atoms with van der Waals surface area (Å²) in [5, 5.41) is 4.36. The van der Waals surface area contributed by atoms with Crippen LogP contribution < -0.4 is 5.32 Å². The van der Waals surface area contributed by atoms with E-state index >= 15 is 0 Å². The molecule has 1 heterocycles. The number of carbonyl (C=O) groups excluding carboxylic acids is 1. The number of nitrogens with zero attached hydrogens (tertiary/aromatic N) is 1. The number of nitrogens with one attached hydrogen (secondary N) is 1. The van der Waals surface area contributed by atoms with Crippen LogP contribution in [0.2, 0.25) is 10.0 Å². The molecule has 1 fully saturated rings. The normalized spacial score (nSPS) is 18.8. The fourth-order valence-corrected chi connectivity index (χ4v) is 3.52. The zero-order valence-electron chi connectivity index (χ0n) is 12.2. The van der Waals surface area contributed by atoms with Crippen LogP contribution in [0.1, 0.15) is 19.4 Å². The summed E-state index contributed by atoms with van der Waals surface area (Å²) in [4.78, 5) is 14.6. The van der Waals surface area contributed by atoms with Crippen molar-refractivity contribution in [2.45, 2.75) is 32.5 Å². The quantitative estimate of drug-likeness (QED) is 0.906. The summed E-state index contributed by atoms with van der Waals surface area (Å²) in [6.45, 7) is 5.51. The molecule has 21 heavy (non-hydrogen) atoms. The molecule has 1 unspecified atom stereocenters. The predicted octanol–water partition coefficient (Wildman–Crippen LogP) is 3.44. The van der Waals surface area contributed by atoms with Gasteiger partial charge in [-0.1, -0.05) is 29.3 Å². The molecule has 3 nitrogen and oxygen atoms in total. The lowest BCUT2D eigenvalue weighted by Crippen LogP contribution is -2.52. The fraction of sp³-hybridized carbons (Fsp3) is 0.533. The highest BCUT2D eigenvalue weighted by Crippen LogP contribution is 2.24. The molecule has 1 aliphatic heterocycles. The third-order valence-electron chi connectivity index (χ3n) is 3.46. The number of carbonyl (C=O) groups is 1. The second-order valence-electron chi connectivity index (χ2n) is 5.39. The Labute approximate surface area is 140 Å². The number of hydrogen-bond donors (Lipinski definition) is 1. The summed E-state index contributed by atoms with van der Waals surface area (Å²) in [6, 6.07) is 5.57. The molecule has 1 aromatic carbocycles. The van der Waals surface area contributed by atoms with Gasteiger partial charge in [0.25, 0.3) is 0 Å². The van der Waals surface area contributed by atoms with Gasteiger partial charge in [0.15, 0.2) is 0 Å². The molecule has 1 aliphatic rings. The van der Waals surface area contributed by atoms with Crippen LogP contribution in [-0.2, 0) is 11.3 Å². The monoisotopic (exact) mass is 346 g/mol. The van der Waals surface area contributed by atoms with Crippen molar-refractivity contribution in [1.29, 1.82) is 0 Å². The van der Waals surface area contributed by atoms with Crippen molar-refractivity contribution >= 4 is 40.9 Å². The molecule has 1 saturated heterocycles. The molecule has 6 heteroatoms. The molecular weight excluding hydrogens is 327 g/mol. The van der Waals surface area contributed by atoms with Gasteiger partial charge in [0.05, 0.1) is 16.1 Å².